The van der Waals surface area contributed by atoms with Crippen molar-refractivity contribution in [2.45, 2.75) is 6.42 Å². The molecule has 128 valence electrons. The van der Waals surface area contributed by atoms with E-state index in [2.05, 4.69) is 97.1 Å². The number of hydrogen-bond donors (Lipinski definition) is 0. The van der Waals surface area contributed by atoms with Crippen LogP contribution in [0.3, 0.4) is 0 Å². The van der Waals surface area contributed by atoms with Gasteiger partial charge in [-0.3, -0.25) is 4.99 Å². The Morgan fingerprint density at radius 3 is 2.22 bits per heavy atom. The number of aliphatic imine (C=N–C) groups is 1. The highest BCUT2D eigenvalue weighted by atomic mass is 14.7. The second-order valence-electron chi connectivity index (χ2n) is 6.90. The summed E-state index contributed by atoms with van der Waals surface area (Å²) in [5, 5.41) is 4.96. The van der Waals surface area contributed by atoms with Gasteiger partial charge in [-0.25, -0.2) is 0 Å². The fourth-order valence-electron chi connectivity index (χ4n) is 3.80. The molecule has 0 amide bonds. The number of benzene rings is 3. The third-order valence-electron chi connectivity index (χ3n) is 5.15. The van der Waals surface area contributed by atoms with Gasteiger partial charge in [-0.15, -0.1) is 0 Å². The summed E-state index contributed by atoms with van der Waals surface area (Å²) in [6.45, 7) is 0. The Bertz CT molecular complexity index is 1180. The Morgan fingerprint density at radius 1 is 0.741 bits per heavy atom. The van der Waals surface area contributed by atoms with Gasteiger partial charge in [0.15, 0.2) is 0 Å². The van der Waals surface area contributed by atoms with E-state index < -0.39 is 0 Å². The SMILES string of the molecule is C1=CC=C2CC(=C1)C=CC=C2N=Cc1c2ccccc2cc2ccccc12. The van der Waals surface area contributed by atoms with Crippen LogP contribution >= 0.6 is 0 Å². The van der Waals surface area contributed by atoms with E-state index in [0.29, 0.717) is 0 Å². The largest absolute Gasteiger partial charge is 0.256 e. The second kappa shape index (κ2) is 6.69. The van der Waals surface area contributed by atoms with Gasteiger partial charge in [-0.1, -0.05) is 85.0 Å². The lowest BCUT2D eigenvalue weighted by Crippen LogP contribution is -1.92. The summed E-state index contributed by atoms with van der Waals surface area (Å²) in [5.41, 5.74) is 4.77. The first kappa shape index (κ1) is 15.8. The van der Waals surface area contributed by atoms with E-state index in [-0.39, 0.29) is 0 Å². The lowest BCUT2D eigenvalue weighted by atomic mass is 9.97. The van der Waals surface area contributed by atoms with Crippen LogP contribution in [0.2, 0.25) is 0 Å². The van der Waals surface area contributed by atoms with Crippen LogP contribution in [0.1, 0.15) is 12.0 Å². The molecule has 3 aromatic carbocycles. The van der Waals surface area contributed by atoms with E-state index in [1.54, 1.807) is 0 Å². The van der Waals surface area contributed by atoms with Gasteiger partial charge >= 0.3 is 0 Å². The number of nitrogens with zero attached hydrogens (tertiary/aromatic N) is 1. The van der Waals surface area contributed by atoms with Crippen molar-refractivity contribution in [1.82, 2.24) is 0 Å². The Hall–Kier alpha value is -3.45. The predicted molar refractivity (Wildman–Crippen MR) is 116 cm³/mol. The van der Waals surface area contributed by atoms with E-state index in [1.807, 2.05) is 6.21 Å². The maximum Gasteiger partial charge on any atom is 0.0665 e. The molecule has 0 spiro atoms. The molecule has 2 bridgehead atoms. The smallest absolute Gasteiger partial charge is 0.0665 e. The Labute approximate surface area is 159 Å². The molecule has 2 aliphatic carbocycles. The zero-order valence-electron chi connectivity index (χ0n) is 15.0. The van der Waals surface area contributed by atoms with Gasteiger partial charge in [0.05, 0.1) is 5.70 Å². The summed E-state index contributed by atoms with van der Waals surface area (Å²) in [5.74, 6) is 0. The normalized spacial score (nSPS) is 16.2. The average Bonchev–Trinajstić information content (AvgIpc) is 3.06. The van der Waals surface area contributed by atoms with E-state index in [1.165, 1.54) is 38.3 Å². The van der Waals surface area contributed by atoms with Crippen LogP contribution in [-0.4, -0.2) is 6.21 Å². The number of allylic oxidation sites excluding steroid dienone is 9. The van der Waals surface area contributed by atoms with Gasteiger partial charge in [0.25, 0.3) is 0 Å². The maximum atomic E-state index is 4.93. The van der Waals surface area contributed by atoms with Gasteiger partial charge < -0.3 is 0 Å². The molecule has 0 N–H and O–H groups in total. The summed E-state index contributed by atoms with van der Waals surface area (Å²) in [7, 11) is 0. The van der Waals surface area contributed by atoms with Crippen LogP contribution in [0.25, 0.3) is 21.5 Å². The molecule has 27 heavy (non-hydrogen) atoms. The summed E-state index contributed by atoms with van der Waals surface area (Å²) < 4.78 is 0. The van der Waals surface area contributed by atoms with Crippen LogP contribution in [0, 0.1) is 0 Å². The fourth-order valence-corrected chi connectivity index (χ4v) is 3.80. The Kier molecular flexibility index (Phi) is 3.91. The van der Waals surface area contributed by atoms with Gasteiger partial charge in [-0.05, 0) is 51.3 Å². The first-order valence-corrected chi connectivity index (χ1v) is 9.28. The van der Waals surface area contributed by atoms with Crippen molar-refractivity contribution in [3.63, 3.8) is 0 Å². The van der Waals surface area contributed by atoms with Crippen molar-refractivity contribution in [2.75, 3.05) is 0 Å². The van der Waals surface area contributed by atoms with E-state index >= 15 is 0 Å². The average molecular weight is 345 g/mol. The molecule has 0 fully saturated rings. The molecule has 0 atom stereocenters. The summed E-state index contributed by atoms with van der Waals surface area (Å²) in [6.07, 6.45) is 17.8. The molecule has 0 heterocycles. The van der Waals surface area contributed by atoms with Gasteiger partial charge in [0.1, 0.15) is 0 Å². The molecule has 1 nitrogen and oxygen atoms in total. The maximum absolute atomic E-state index is 4.93. The Balaban J connectivity index is 1.66. The first-order valence-electron chi connectivity index (χ1n) is 9.28. The quantitative estimate of drug-likeness (QED) is 0.363. The fraction of sp³-hybridized carbons (Fsp3) is 0.0385. The van der Waals surface area contributed by atoms with Crippen molar-refractivity contribution >= 4 is 27.8 Å². The third-order valence-corrected chi connectivity index (χ3v) is 5.15. The molecule has 5 rings (SSSR count). The zero-order chi connectivity index (χ0) is 18.1. The summed E-state index contributed by atoms with van der Waals surface area (Å²) >= 11 is 0. The predicted octanol–water partition coefficient (Wildman–Crippen LogP) is 6.68. The second-order valence-corrected chi connectivity index (χ2v) is 6.90. The molecule has 0 unspecified atom stereocenters. The zero-order valence-corrected chi connectivity index (χ0v) is 15.0. The monoisotopic (exact) mass is 345 g/mol. The molecule has 1 heteroatoms. The topological polar surface area (TPSA) is 12.4 Å². The minimum atomic E-state index is 0.920. The highest BCUT2D eigenvalue weighted by Crippen LogP contribution is 2.29. The summed E-state index contributed by atoms with van der Waals surface area (Å²) in [6, 6.07) is 19.3. The van der Waals surface area contributed by atoms with Crippen LogP contribution in [-0.2, 0) is 0 Å². The van der Waals surface area contributed by atoms with E-state index in [4.69, 9.17) is 4.99 Å². The highest BCUT2D eigenvalue weighted by Gasteiger charge is 2.10. The van der Waals surface area contributed by atoms with Gasteiger partial charge in [0, 0.05) is 11.8 Å². The molecule has 0 radical (unpaired) electrons. The van der Waals surface area contributed by atoms with Crippen LogP contribution in [0.15, 0.2) is 119 Å². The van der Waals surface area contributed by atoms with Gasteiger partial charge in [-0.2, -0.15) is 0 Å². The van der Waals surface area contributed by atoms with Crippen LogP contribution in [0.5, 0.6) is 0 Å². The molecule has 0 saturated heterocycles. The standard InChI is InChI=1S/C26H19N/c1-2-12-22-16-19(8-1)9-7-15-26(22)27-18-25-23-13-5-3-10-20(23)17-21-11-4-6-14-24(21)25/h1-15,17-18H,16H2. The van der Waals surface area contributed by atoms with Crippen molar-refractivity contribution in [1.29, 1.82) is 0 Å². The minimum Gasteiger partial charge on any atom is -0.256 e. The lowest BCUT2D eigenvalue weighted by molar-refractivity contribution is 1.15. The molecular weight excluding hydrogens is 326 g/mol. The third kappa shape index (κ3) is 2.98. The van der Waals surface area contributed by atoms with Gasteiger partial charge in [0.2, 0.25) is 0 Å². The molecule has 0 aliphatic heterocycles. The number of hydrogen-bond acceptors (Lipinski definition) is 1. The minimum absolute atomic E-state index is 0.920. The van der Waals surface area contributed by atoms with Crippen molar-refractivity contribution in [3.8, 4) is 0 Å². The first-order chi connectivity index (χ1) is 13.4. The number of fused-ring (bicyclic) bond motifs is 4. The van der Waals surface area contributed by atoms with Crippen molar-refractivity contribution < 1.29 is 0 Å². The van der Waals surface area contributed by atoms with E-state index in [9.17, 15) is 0 Å². The highest BCUT2D eigenvalue weighted by molar-refractivity contribution is 6.13. The molecular formula is C26H19N. The molecule has 2 aliphatic rings. The van der Waals surface area contributed by atoms with Crippen molar-refractivity contribution in [3.05, 3.63) is 120 Å². The summed E-state index contributed by atoms with van der Waals surface area (Å²) in [4.78, 5) is 4.93. The molecule has 3 aromatic rings. The van der Waals surface area contributed by atoms with Crippen molar-refractivity contribution in [2.24, 2.45) is 4.99 Å². The Morgan fingerprint density at radius 2 is 1.44 bits per heavy atom. The lowest BCUT2D eigenvalue weighted by Gasteiger charge is -2.09. The number of rotatable bonds is 2. The molecule has 0 aromatic heterocycles. The molecule has 0 saturated carbocycles. The van der Waals surface area contributed by atoms with Crippen LogP contribution < -0.4 is 0 Å². The van der Waals surface area contributed by atoms with E-state index in [0.717, 1.165) is 12.1 Å². The van der Waals surface area contributed by atoms with Crippen LogP contribution in [0.4, 0.5) is 0 Å².